The first kappa shape index (κ1) is 26.3. The van der Waals surface area contributed by atoms with Crippen molar-refractivity contribution in [2.75, 3.05) is 13.7 Å². The van der Waals surface area contributed by atoms with E-state index in [0.29, 0.717) is 47.2 Å². The average Bonchev–Trinajstić information content (AvgIpc) is 3.32. The SMILES string of the molecule is COc1cc2c(cc1-c1ccccn1)-c1c(c(C(=O)N3CCC(O)CC3(C)C)nn1-c1cc(C)cc(Cl)c1)CO2. The Balaban J connectivity index is 1.58. The first-order chi connectivity index (χ1) is 19.2. The van der Waals surface area contributed by atoms with Gasteiger partial charge in [-0.15, -0.1) is 0 Å². The van der Waals surface area contributed by atoms with E-state index in [9.17, 15) is 9.90 Å². The Hall–Kier alpha value is -3.88. The zero-order chi connectivity index (χ0) is 28.2. The maximum atomic E-state index is 14.1. The Kier molecular flexibility index (Phi) is 6.55. The van der Waals surface area contributed by atoms with Gasteiger partial charge in [0.2, 0.25) is 0 Å². The maximum Gasteiger partial charge on any atom is 0.275 e. The Morgan fingerprint density at radius 3 is 2.70 bits per heavy atom. The number of amides is 1. The summed E-state index contributed by atoms with van der Waals surface area (Å²) < 4.78 is 13.7. The van der Waals surface area contributed by atoms with Gasteiger partial charge in [0.05, 0.1) is 30.3 Å². The molecule has 206 valence electrons. The molecule has 8 nitrogen and oxygen atoms in total. The normalized spacial score (nSPS) is 17.6. The van der Waals surface area contributed by atoms with Crippen molar-refractivity contribution in [1.82, 2.24) is 19.7 Å². The number of ether oxygens (including phenoxy) is 2. The van der Waals surface area contributed by atoms with E-state index in [0.717, 1.165) is 33.8 Å². The number of likely N-dealkylation sites (tertiary alicyclic amines) is 1. The van der Waals surface area contributed by atoms with Gasteiger partial charge in [-0.3, -0.25) is 9.78 Å². The number of aromatic nitrogens is 3. The Morgan fingerprint density at radius 1 is 1.18 bits per heavy atom. The summed E-state index contributed by atoms with van der Waals surface area (Å²) in [5.74, 6) is 1.08. The van der Waals surface area contributed by atoms with E-state index in [4.69, 9.17) is 26.2 Å². The number of carbonyl (C=O) groups is 1. The smallest absolute Gasteiger partial charge is 0.275 e. The third-order valence-corrected chi connectivity index (χ3v) is 7.94. The average molecular weight is 559 g/mol. The molecule has 1 N–H and O–H groups in total. The van der Waals surface area contributed by atoms with Crippen LogP contribution in [0.4, 0.5) is 0 Å². The van der Waals surface area contributed by atoms with Gasteiger partial charge in [-0.2, -0.15) is 5.10 Å². The molecule has 2 aromatic carbocycles. The molecule has 6 rings (SSSR count). The molecule has 0 bridgehead atoms. The summed E-state index contributed by atoms with van der Waals surface area (Å²) in [5.41, 5.74) is 5.33. The van der Waals surface area contributed by atoms with Crippen molar-refractivity contribution in [1.29, 1.82) is 0 Å². The molecule has 9 heteroatoms. The van der Waals surface area contributed by atoms with Gasteiger partial charge >= 0.3 is 0 Å². The van der Waals surface area contributed by atoms with Gasteiger partial charge in [0.25, 0.3) is 5.91 Å². The summed E-state index contributed by atoms with van der Waals surface area (Å²) in [7, 11) is 1.62. The molecule has 2 aromatic heterocycles. The summed E-state index contributed by atoms with van der Waals surface area (Å²) in [4.78, 5) is 20.5. The number of aliphatic hydroxyl groups excluding tert-OH is 1. The second-order valence-corrected chi connectivity index (χ2v) is 11.5. The highest BCUT2D eigenvalue weighted by Crippen LogP contribution is 2.46. The zero-order valence-corrected chi connectivity index (χ0v) is 23.7. The number of piperidine rings is 1. The van der Waals surface area contributed by atoms with Crippen molar-refractivity contribution >= 4 is 17.5 Å². The molecular weight excluding hydrogens is 528 g/mol. The zero-order valence-electron chi connectivity index (χ0n) is 22.9. The van der Waals surface area contributed by atoms with E-state index in [2.05, 4.69) is 4.98 Å². The van der Waals surface area contributed by atoms with Crippen LogP contribution in [-0.4, -0.2) is 56.0 Å². The van der Waals surface area contributed by atoms with Gasteiger partial charge in [0.15, 0.2) is 5.69 Å². The fourth-order valence-electron chi connectivity index (χ4n) is 5.84. The van der Waals surface area contributed by atoms with Gasteiger partial charge in [-0.05, 0) is 75.6 Å². The van der Waals surface area contributed by atoms with Gasteiger partial charge in [-0.25, -0.2) is 4.68 Å². The number of halogens is 1. The number of methoxy groups -OCH3 is 1. The van der Waals surface area contributed by atoms with Crippen molar-refractivity contribution in [3.63, 3.8) is 0 Å². The largest absolute Gasteiger partial charge is 0.496 e. The van der Waals surface area contributed by atoms with Crippen LogP contribution in [0.3, 0.4) is 0 Å². The molecule has 0 spiro atoms. The lowest BCUT2D eigenvalue weighted by Crippen LogP contribution is -2.54. The number of benzene rings is 2. The molecule has 40 heavy (non-hydrogen) atoms. The number of pyridine rings is 1. The highest BCUT2D eigenvalue weighted by molar-refractivity contribution is 6.30. The lowest BCUT2D eigenvalue weighted by molar-refractivity contribution is 0.00275. The molecule has 0 radical (unpaired) electrons. The molecule has 1 atom stereocenters. The van der Waals surface area contributed by atoms with E-state index in [1.807, 2.05) is 74.2 Å². The standard InChI is InChI=1S/C31H31ClN4O4/c1-18-11-19(32)13-20(12-18)36-29-23-14-22(25-7-5-6-9-33-25)26(39-4)15-27(23)40-17-24(29)28(34-36)30(38)35-10-8-21(37)16-31(35,2)3/h5-7,9,11-15,21,37H,8,10,16-17H2,1-4H3. The van der Waals surface area contributed by atoms with E-state index in [1.165, 1.54) is 0 Å². The third-order valence-electron chi connectivity index (χ3n) is 7.72. The van der Waals surface area contributed by atoms with Crippen LogP contribution in [0.5, 0.6) is 11.5 Å². The first-order valence-corrected chi connectivity index (χ1v) is 13.7. The molecule has 1 fully saturated rings. The molecular formula is C31H31ClN4O4. The van der Waals surface area contributed by atoms with E-state index >= 15 is 0 Å². The van der Waals surface area contributed by atoms with Crippen LogP contribution in [0.25, 0.3) is 28.2 Å². The monoisotopic (exact) mass is 558 g/mol. The van der Waals surface area contributed by atoms with Crippen LogP contribution in [0.15, 0.2) is 54.7 Å². The fourth-order valence-corrected chi connectivity index (χ4v) is 6.13. The number of nitrogens with zero attached hydrogens (tertiary/aromatic N) is 4. The van der Waals surface area contributed by atoms with Gasteiger partial charge in [0.1, 0.15) is 18.1 Å². The lowest BCUT2D eigenvalue weighted by atomic mass is 9.88. The Bertz CT molecular complexity index is 1600. The van der Waals surface area contributed by atoms with Crippen LogP contribution in [0, 0.1) is 6.92 Å². The minimum atomic E-state index is -0.523. The molecule has 1 amide bonds. The summed E-state index contributed by atoms with van der Waals surface area (Å²) in [6.07, 6.45) is 2.33. The van der Waals surface area contributed by atoms with E-state index in [1.54, 1.807) is 18.0 Å². The topological polar surface area (TPSA) is 89.7 Å². The molecule has 4 heterocycles. The number of carbonyl (C=O) groups excluding carboxylic acids is 1. The number of aliphatic hydroxyl groups is 1. The minimum absolute atomic E-state index is 0.173. The highest BCUT2D eigenvalue weighted by Gasteiger charge is 2.41. The molecule has 0 aliphatic carbocycles. The molecule has 2 aliphatic heterocycles. The van der Waals surface area contributed by atoms with Crippen LogP contribution in [0.2, 0.25) is 5.02 Å². The van der Waals surface area contributed by atoms with Crippen LogP contribution < -0.4 is 9.47 Å². The lowest BCUT2D eigenvalue weighted by Gasteiger charge is -2.44. The van der Waals surface area contributed by atoms with Gasteiger partial charge in [-0.1, -0.05) is 17.7 Å². The number of hydrogen-bond donors (Lipinski definition) is 1. The van der Waals surface area contributed by atoms with Crippen LogP contribution in [0.1, 0.15) is 48.3 Å². The summed E-state index contributed by atoms with van der Waals surface area (Å²) in [6.45, 7) is 6.55. The molecule has 2 aliphatic rings. The van der Waals surface area contributed by atoms with Crippen molar-refractivity contribution in [2.45, 2.75) is 51.9 Å². The number of aryl methyl sites for hydroxylation is 1. The van der Waals surface area contributed by atoms with Crippen molar-refractivity contribution in [2.24, 2.45) is 0 Å². The summed E-state index contributed by atoms with van der Waals surface area (Å²) in [5, 5.41) is 15.8. The quantitative estimate of drug-likeness (QED) is 0.338. The second-order valence-electron chi connectivity index (χ2n) is 11.0. The van der Waals surface area contributed by atoms with Crippen LogP contribution in [-0.2, 0) is 6.61 Å². The van der Waals surface area contributed by atoms with E-state index in [-0.39, 0.29) is 12.5 Å². The molecule has 0 saturated carbocycles. The number of fused-ring (bicyclic) bond motifs is 3. The fraction of sp³-hybridized carbons (Fsp3) is 0.323. The minimum Gasteiger partial charge on any atom is -0.496 e. The molecule has 4 aromatic rings. The molecule has 1 saturated heterocycles. The van der Waals surface area contributed by atoms with Crippen molar-refractivity contribution < 1.29 is 19.4 Å². The Labute approximate surface area is 238 Å². The van der Waals surface area contributed by atoms with E-state index < -0.39 is 11.6 Å². The second kappa shape index (κ2) is 9.94. The first-order valence-electron chi connectivity index (χ1n) is 13.3. The predicted molar refractivity (Wildman–Crippen MR) is 153 cm³/mol. The number of rotatable bonds is 4. The number of hydrogen-bond acceptors (Lipinski definition) is 6. The maximum absolute atomic E-state index is 14.1. The van der Waals surface area contributed by atoms with Gasteiger partial charge < -0.3 is 19.5 Å². The van der Waals surface area contributed by atoms with Crippen LogP contribution >= 0.6 is 11.6 Å². The third kappa shape index (κ3) is 4.51. The van der Waals surface area contributed by atoms with Crippen molar-refractivity contribution in [3.05, 3.63) is 76.6 Å². The summed E-state index contributed by atoms with van der Waals surface area (Å²) in [6, 6.07) is 15.3. The molecule has 1 unspecified atom stereocenters. The van der Waals surface area contributed by atoms with Crippen molar-refractivity contribution in [3.8, 4) is 39.7 Å². The predicted octanol–water partition coefficient (Wildman–Crippen LogP) is 5.84. The highest BCUT2D eigenvalue weighted by atomic mass is 35.5. The Morgan fingerprint density at radius 2 is 2.00 bits per heavy atom. The summed E-state index contributed by atoms with van der Waals surface area (Å²) >= 11 is 6.48. The van der Waals surface area contributed by atoms with Gasteiger partial charge in [0, 0.05) is 46.1 Å².